The number of phenols is 1. The lowest BCUT2D eigenvalue weighted by Crippen LogP contribution is -2.29. The van der Waals surface area contributed by atoms with Crippen LogP contribution in [0.2, 0.25) is 0 Å². The molecule has 0 fully saturated rings. The zero-order chi connectivity index (χ0) is 11.1. The van der Waals surface area contributed by atoms with Gasteiger partial charge in [0, 0.05) is 6.07 Å². The number of phenolic OH excluding ortho intramolecular Hbond substituents is 1. The first-order chi connectivity index (χ1) is 7.78. The highest BCUT2D eigenvalue weighted by Gasteiger charge is 2.14. The van der Waals surface area contributed by atoms with E-state index in [-0.39, 0.29) is 5.75 Å². The lowest BCUT2D eigenvalue weighted by atomic mass is 10.2. The standard InChI is InChI=1S/C10H5N5O/c11-5-6-3-10-8-4-7(16)1-2-9(8)12-14-15(10)13-6/h1-4H,(H,14,16)/p+1. The molecular weight excluding hydrogens is 206 g/mol. The summed E-state index contributed by atoms with van der Waals surface area (Å²) >= 11 is 0. The van der Waals surface area contributed by atoms with Crippen molar-refractivity contribution in [2.45, 2.75) is 0 Å². The highest BCUT2D eigenvalue weighted by atomic mass is 16.3. The number of hydrogen-bond donors (Lipinski definition) is 2. The van der Waals surface area contributed by atoms with Gasteiger partial charge in [-0.3, -0.25) is 0 Å². The van der Waals surface area contributed by atoms with Gasteiger partial charge >= 0.3 is 0 Å². The van der Waals surface area contributed by atoms with Crippen molar-refractivity contribution in [3.8, 4) is 11.8 Å². The number of nitrogens with zero attached hydrogens (tertiary/aromatic N) is 4. The number of aromatic hydroxyl groups is 1. The first kappa shape index (κ1) is 8.61. The minimum Gasteiger partial charge on any atom is -0.508 e. The number of fused-ring (bicyclic) bond motifs is 3. The highest BCUT2D eigenvalue weighted by molar-refractivity contribution is 5.91. The molecule has 6 heteroatoms. The maximum absolute atomic E-state index is 9.42. The molecule has 0 saturated heterocycles. The Morgan fingerprint density at radius 2 is 2.25 bits per heavy atom. The number of aromatic amines is 1. The van der Waals surface area contributed by atoms with E-state index in [2.05, 4.69) is 15.4 Å². The molecule has 0 unspecified atom stereocenters. The number of benzene rings is 1. The lowest BCUT2D eigenvalue weighted by molar-refractivity contribution is -0.645. The monoisotopic (exact) mass is 212 g/mol. The third-order valence-corrected chi connectivity index (χ3v) is 2.35. The molecule has 0 spiro atoms. The quantitative estimate of drug-likeness (QED) is 0.523. The molecule has 0 saturated carbocycles. The molecule has 2 heterocycles. The predicted octanol–water partition coefficient (Wildman–Crippen LogP) is 0.274. The Morgan fingerprint density at radius 1 is 1.38 bits per heavy atom. The molecule has 0 atom stereocenters. The Hall–Kier alpha value is -2.68. The van der Waals surface area contributed by atoms with Crippen LogP contribution in [0.4, 0.5) is 0 Å². The first-order valence-corrected chi connectivity index (χ1v) is 4.58. The van der Waals surface area contributed by atoms with Gasteiger partial charge in [0.25, 0.3) is 0 Å². The summed E-state index contributed by atoms with van der Waals surface area (Å²) in [7, 11) is 0. The van der Waals surface area contributed by atoms with Crippen LogP contribution < -0.4 is 4.63 Å². The van der Waals surface area contributed by atoms with Gasteiger partial charge in [0.1, 0.15) is 11.8 Å². The van der Waals surface area contributed by atoms with Gasteiger partial charge in [-0.15, -0.1) is 0 Å². The van der Waals surface area contributed by atoms with E-state index in [1.807, 2.05) is 6.07 Å². The Labute approximate surface area is 89.3 Å². The van der Waals surface area contributed by atoms with Gasteiger partial charge in [-0.1, -0.05) is 0 Å². The Morgan fingerprint density at radius 3 is 3.06 bits per heavy atom. The van der Waals surface area contributed by atoms with Gasteiger partial charge in [0.2, 0.25) is 5.52 Å². The molecular formula is C10H6N5O+. The summed E-state index contributed by atoms with van der Waals surface area (Å²) in [6.07, 6.45) is 0. The fourth-order valence-electron chi connectivity index (χ4n) is 1.63. The second-order valence-corrected chi connectivity index (χ2v) is 3.37. The van der Waals surface area contributed by atoms with Crippen molar-refractivity contribution in [1.29, 1.82) is 5.26 Å². The fraction of sp³-hybridized carbons (Fsp3) is 0. The summed E-state index contributed by atoms with van der Waals surface area (Å²) in [5.74, 6) is 0.155. The van der Waals surface area contributed by atoms with Crippen LogP contribution >= 0.6 is 0 Å². The van der Waals surface area contributed by atoms with Crippen LogP contribution in [0.3, 0.4) is 0 Å². The molecule has 0 aliphatic carbocycles. The van der Waals surface area contributed by atoms with E-state index in [0.717, 1.165) is 5.39 Å². The molecule has 3 rings (SSSR count). The Kier molecular flexibility index (Phi) is 1.56. The van der Waals surface area contributed by atoms with E-state index in [1.165, 1.54) is 4.63 Å². The largest absolute Gasteiger partial charge is 0.508 e. The summed E-state index contributed by atoms with van der Waals surface area (Å²) < 4.78 is 1.40. The minimum atomic E-state index is 0.155. The van der Waals surface area contributed by atoms with Gasteiger partial charge < -0.3 is 5.11 Å². The van der Waals surface area contributed by atoms with E-state index in [4.69, 9.17) is 5.26 Å². The molecule has 16 heavy (non-hydrogen) atoms. The maximum atomic E-state index is 9.42. The molecule has 2 N–H and O–H groups in total. The number of aromatic nitrogens is 4. The molecule has 76 valence electrons. The van der Waals surface area contributed by atoms with Gasteiger partial charge in [-0.25, -0.2) is 0 Å². The zero-order valence-electron chi connectivity index (χ0n) is 8.05. The normalized spacial score (nSPS) is 10.7. The number of nitrogens with one attached hydrogen (secondary N) is 1. The summed E-state index contributed by atoms with van der Waals surface area (Å²) in [6.45, 7) is 0. The third-order valence-electron chi connectivity index (χ3n) is 2.35. The van der Waals surface area contributed by atoms with E-state index < -0.39 is 0 Å². The number of nitriles is 1. The van der Waals surface area contributed by atoms with Crippen LogP contribution in [0.5, 0.6) is 5.75 Å². The molecule has 6 nitrogen and oxygen atoms in total. The molecule has 0 bridgehead atoms. The van der Waals surface area contributed by atoms with Crippen molar-refractivity contribution in [2.75, 3.05) is 0 Å². The average Bonchev–Trinajstić information content (AvgIpc) is 2.72. The first-order valence-electron chi connectivity index (χ1n) is 4.58. The summed E-state index contributed by atoms with van der Waals surface area (Å²) in [5, 5.41) is 29.5. The van der Waals surface area contributed by atoms with Gasteiger partial charge in [0.15, 0.2) is 16.4 Å². The lowest BCUT2D eigenvalue weighted by Gasteiger charge is -1.91. The van der Waals surface area contributed by atoms with E-state index in [0.29, 0.717) is 16.7 Å². The van der Waals surface area contributed by atoms with Crippen LogP contribution in [0.25, 0.3) is 16.4 Å². The van der Waals surface area contributed by atoms with Gasteiger partial charge in [-0.2, -0.15) is 10.4 Å². The molecule has 3 aromatic rings. The smallest absolute Gasteiger partial charge is 0.215 e. The number of H-pyrrole nitrogens is 1. The Balaban J connectivity index is 2.52. The van der Waals surface area contributed by atoms with Gasteiger partial charge in [0.05, 0.1) is 10.5 Å². The molecule has 2 aromatic heterocycles. The molecule has 1 aromatic carbocycles. The SMILES string of the molecule is N#Cc1cc2c3cc(O)ccc3nn[n+]2[nH]1. The second-order valence-electron chi connectivity index (χ2n) is 3.37. The van der Waals surface area contributed by atoms with Crippen LogP contribution in [0.15, 0.2) is 24.3 Å². The van der Waals surface area contributed by atoms with Crippen molar-refractivity contribution in [2.24, 2.45) is 0 Å². The van der Waals surface area contributed by atoms with Crippen molar-refractivity contribution in [1.82, 2.24) is 15.4 Å². The van der Waals surface area contributed by atoms with E-state index in [1.54, 1.807) is 24.3 Å². The van der Waals surface area contributed by atoms with Crippen molar-refractivity contribution >= 4 is 16.4 Å². The zero-order valence-corrected chi connectivity index (χ0v) is 8.05. The Bertz CT molecular complexity index is 740. The van der Waals surface area contributed by atoms with Crippen LogP contribution in [-0.4, -0.2) is 20.5 Å². The van der Waals surface area contributed by atoms with E-state index in [9.17, 15) is 5.11 Å². The molecule has 0 radical (unpaired) electrons. The third kappa shape index (κ3) is 1.09. The van der Waals surface area contributed by atoms with Crippen molar-refractivity contribution in [3.05, 3.63) is 30.0 Å². The average molecular weight is 212 g/mol. The highest BCUT2D eigenvalue weighted by Crippen LogP contribution is 2.19. The van der Waals surface area contributed by atoms with Crippen LogP contribution in [0, 0.1) is 11.3 Å². The van der Waals surface area contributed by atoms with Crippen LogP contribution in [-0.2, 0) is 0 Å². The summed E-state index contributed by atoms with van der Waals surface area (Å²) in [5.41, 5.74) is 1.77. The number of rotatable bonds is 0. The molecule has 0 amide bonds. The number of hydrogen-bond acceptors (Lipinski definition) is 4. The molecule has 0 aliphatic heterocycles. The molecule has 0 aliphatic rings. The van der Waals surface area contributed by atoms with E-state index >= 15 is 0 Å². The predicted molar refractivity (Wildman–Crippen MR) is 53.4 cm³/mol. The second kappa shape index (κ2) is 2.90. The summed E-state index contributed by atoms with van der Waals surface area (Å²) in [6, 6.07) is 8.47. The van der Waals surface area contributed by atoms with Crippen molar-refractivity contribution in [3.63, 3.8) is 0 Å². The van der Waals surface area contributed by atoms with Crippen LogP contribution in [0.1, 0.15) is 5.69 Å². The topological polar surface area (TPSA) is 89.7 Å². The van der Waals surface area contributed by atoms with Gasteiger partial charge in [-0.05, 0) is 22.8 Å². The fourth-order valence-corrected chi connectivity index (χ4v) is 1.63. The minimum absolute atomic E-state index is 0.155. The van der Waals surface area contributed by atoms with Crippen molar-refractivity contribution < 1.29 is 9.74 Å². The summed E-state index contributed by atoms with van der Waals surface area (Å²) in [4.78, 5) is 0. The maximum Gasteiger partial charge on any atom is 0.215 e.